The van der Waals surface area contributed by atoms with Gasteiger partial charge in [-0.15, -0.1) is 0 Å². The summed E-state index contributed by atoms with van der Waals surface area (Å²) in [6.07, 6.45) is 1.03. The number of amides is 1. The maximum atomic E-state index is 11.9. The summed E-state index contributed by atoms with van der Waals surface area (Å²) in [6.45, 7) is 1.04. The van der Waals surface area contributed by atoms with E-state index in [1.165, 1.54) is 11.0 Å². The number of hydrogen-bond donors (Lipinski definition) is 1. The molecule has 0 radical (unpaired) electrons. The van der Waals surface area contributed by atoms with E-state index in [9.17, 15) is 20.0 Å². The van der Waals surface area contributed by atoms with Gasteiger partial charge in [-0.25, -0.2) is 0 Å². The fraction of sp³-hybridized carbons (Fsp3) is 0.500. The van der Waals surface area contributed by atoms with Gasteiger partial charge in [0.2, 0.25) is 0 Å². The summed E-state index contributed by atoms with van der Waals surface area (Å²) in [7, 11) is 3.20. The van der Waals surface area contributed by atoms with E-state index in [4.69, 9.17) is 0 Å². The van der Waals surface area contributed by atoms with Crippen molar-refractivity contribution in [3.63, 3.8) is 0 Å². The summed E-state index contributed by atoms with van der Waals surface area (Å²) in [5, 5.41) is 21.0. The maximum absolute atomic E-state index is 11.9. The minimum Gasteiger partial charge on any atom is -0.391 e. The number of aliphatic hydroxyl groups excluding tert-OH is 1. The zero-order valence-corrected chi connectivity index (χ0v) is 12.2. The minimum atomic E-state index is -0.483. The fourth-order valence-electron chi connectivity index (χ4n) is 2.50. The van der Waals surface area contributed by atoms with Crippen LogP contribution in [0.15, 0.2) is 18.2 Å². The van der Waals surface area contributed by atoms with Crippen LogP contribution in [-0.4, -0.2) is 54.1 Å². The van der Waals surface area contributed by atoms with Crippen molar-refractivity contribution in [3.05, 3.63) is 33.9 Å². The van der Waals surface area contributed by atoms with Crippen LogP contribution < -0.4 is 4.90 Å². The number of nitrogens with zero attached hydrogens (tertiary/aromatic N) is 3. The SMILES string of the molecule is CN(C)C(=O)c1ccc(N2CCC[C@H](O)C2)c([N+](=O)[O-])c1. The molecule has 114 valence electrons. The Balaban J connectivity index is 2.38. The van der Waals surface area contributed by atoms with Crippen LogP contribution in [-0.2, 0) is 0 Å². The normalized spacial score (nSPS) is 18.4. The Hall–Kier alpha value is -2.15. The highest BCUT2D eigenvalue weighted by Gasteiger charge is 2.26. The van der Waals surface area contributed by atoms with Gasteiger partial charge in [-0.2, -0.15) is 0 Å². The van der Waals surface area contributed by atoms with Crippen molar-refractivity contribution in [2.75, 3.05) is 32.1 Å². The van der Waals surface area contributed by atoms with E-state index in [0.29, 0.717) is 25.2 Å². The van der Waals surface area contributed by atoms with Crippen molar-refractivity contribution >= 4 is 17.3 Å². The number of aliphatic hydroxyl groups is 1. The number of β-amino-alcohol motifs (C(OH)–C–C–N with tert-alkyl or cyclic N) is 1. The van der Waals surface area contributed by atoms with E-state index >= 15 is 0 Å². The molecule has 0 spiro atoms. The lowest BCUT2D eigenvalue weighted by molar-refractivity contribution is -0.384. The van der Waals surface area contributed by atoms with Crippen molar-refractivity contribution < 1.29 is 14.8 Å². The van der Waals surface area contributed by atoms with Crippen molar-refractivity contribution in [2.45, 2.75) is 18.9 Å². The molecule has 0 bridgehead atoms. The number of carbonyl (C=O) groups is 1. The maximum Gasteiger partial charge on any atom is 0.293 e. The molecule has 0 aliphatic carbocycles. The third-order valence-corrected chi connectivity index (χ3v) is 3.56. The predicted molar refractivity (Wildman–Crippen MR) is 78.6 cm³/mol. The van der Waals surface area contributed by atoms with Crippen LogP contribution in [0.5, 0.6) is 0 Å². The second kappa shape index (κ2) is 6.09. The Morgan fingerprint density at radius 2 is 2.19 bits per heavy atom. The number of piperidine rings is 1. The Morgan fingerprint density at radius 1 is 1.48 bits per heavy atom. The highest BCUT2D eigenvalue weighted by molar-refractivity contribution is 5.95. The molecular formula is C14H19N3O4. The lowest BCUT2D eigenvalue weighted by Crippen LogP contribution is -2.38. The molecule has 1 N–H and O–H groups in total. The number of hydrogen-bond acceptors (Lipinski definition) is 5. The van der Waals surface area contributed by atoms with Crippen LogP contribution in [0.4, 0.5) is 11.4 Å². The molecule has 7 nitrogen and oxygen atoms in total. The Morgan fingerprint density at radius 3 is 2.76 bits per heavy atom. The van der Waals surface area contributed by atoms with Gasteiger partial charge in [0.05, 0.1) is 11.0 Å². The number of anilines is 1. The van der Waals surface area contributed by atoms with E-state index in [1.54, 1.807) is 31.1 Å². The van der Waals surface area contributed by atoms with Gasteiger partial charge in [0.25, 0.3) is 11.6 Å². The molecule has 1 fully saturated rings. The van der Waals surface area contributed by atoms with Crippen molar-refractivity contribution in [1.29, 1.82) is 0 Å². The van der Waals surface area contributed by atoms with Gasteiger partial charge < -0.3 is 14.9 Å². The quantitative estimate of drug-likeness (QED) is 0.669. The van der Waals surface area contributed by atoms with Gasteiger partial charge in [-0.1, -0.05) is 0 Å². The van der Waals surface area contributed by atoms with Crippen molar-refractivity contribution in [1.82, 2.24) is 4.90 Å². The molecule has 1 atom stereocenters. The van der Waals surface area contributed by atoms with Gasteiger partial charge in [-0.05, 0) is 25.0 Å². The largest absolute Gasteiger partial charge is 0.391 e. The molecule has 7 heteroatoms. The first-order valence-electron chi connectivity index (χ1n) is 6.83. The standard InChI is InChI=1S/C14H19N3O4/c1-15(2)14(19)10-5-6-12(13(8-10)17(20)21)16-7-3-4-11(18)9-16/h5-6,8,11,18H,3-4,7,9H2,1-2H3/t11-/m0/s1. The molecule has 0 unspecified atom stereocenters. The Kier molecular flexibility index (Phi) is 4.42. The zero-order valence-electron chi connectivity index (χ0n) is 12.2. The zero-order chi connectivity index (χ0) is 15.6. The molecule has 21 heavy (non-hydrogen) atoms. The summed E-state index contributed by atoms with van der Waals surface area (Å²) in [5.41, 5.74) is 0.638. The third-order valence-electron chi connectivity index (χ3n) is 3.56. The first-order chi connectivity index (χ1) is 9.90. The van der Waals surface area contributed by atoms with E-state index < -0.39 is 11.0 Å². The van der Waals surface area contributed by atoms with Gasteiger partial charge in [-0.3, -0.25) is 14.9 Å². The van der Waals surface area contributed by atoms with Gasteiger partial charge >= 0.3 is 0 Å². The number of carbonyl (C=O) groups excluding carboxylic acids is 1. The lowest BCUT2D eigenvalue weighted by Gasteiger charge is -2.31. The fourth-order valence-corrected chi connectivity index (χ4v) is 2.50. The molecule has 1 amide bonds. The first-order valence-corrected chi connectivity index (χ1v) is 6.83. The smallest absolute Gasteiger partial charge is 0.293 e. The topological polar surface area (TPSA) is 86.9 Å². The summed E-state index contributed by atoms with van der Waals surface area (Å²) in [5.74, 6) is -0.275. The molecule has 1 saturated heterocycles. The van der Waals surface area contributed by atoms with Gasteiger partial charge in [0, 0.05) is 38.8 Å². The molecule has 1 aromatic rings. The molecule has 0 aromatic heterocycles. The Labute approximate surface area is 122 Å². The van der Waals surface area contributed by atoms with Gasteiger partial charge in [0.15, 0.2) is 0 Å². The van der Waals surface area contributed by atoms with Crippen molar-refractivity contribution in [2.24, 2.45) is 0 Å². The molecule has 2 rings (SSSR count). The summed E-state index contributed by atoms with van der Waals surface area (Å²) >= 11 is 0. The molecule has 1 aliphatic rings. The van der Waals surface area contributed by atoms with Crippen LogP contribution in [0.1, 0.15) is 23.2 Å². The average Bonchev–Trinajstić information content (AvgIpc) is 2.45. The number of rotatable bonds is 3. The highest BCUT2D eigenvalue weighted by Crippen LogP contribution is 2.31. The predicted octanol–water partition coefficient (Wildman–Crippen LogP) is 1.26. The van der Waals surface area contributed by atoms with Crippen molar-refractivity contribution in [3.8, 4) is 0 Å². The van der Waals surface area contributed by atoms with Crippen LogP contribution >= 0.6 is 0 Å². The number of benzene rings is 1. The van der Waals surface area contributed by atoms with Crippen LogP contribution in [0, 0.1) is 10.1 Å². The first kappa shape index (κ1) is 15.2. The molecule has 1 heterocycles. The lowest BCUT2D eigenvalue weighted by atomic mass is 10.1. The van der Waals surface area contributed by atoms with Gasteiger partial charge in [0.1, 0.15) is 5.69 Å². The molecule has 0 saturated carbocycles. The molecular weight excluding hydrogens is 274 g/mol. The summed E-state index contributed by atoms with van der Waals surface area (Å²) in [4.78, 5) is 25.9. The summed E-state index contributed by atoms with van der Waals surface area (Å²) in [6, 6.07) is 4.48. The second-order valence-electron chi connectivity index (χ2n) is 5.40. The summed E-state index contributed by atoms with van der Waals surface area (Å²) < 4.78 is 0. The molecule has 1 aliphatic heterocycles. The van der Waals surface area contributed by atoms with Crippen LogP contribution in [0.25, 0.3) is 0 Å². The number of nitro benzene ring substituents is 1. The third kappa shape index (κ3) is 3.30. The van der Waals surface area contributed by atoms with E-state index in [0.717, 1.165) is 6.42 Å². The highest BCUT2D eigenvalue weighted by atomic mass is 16.6. The average molecular weight is 293 g/mol. The monoisotopic (exact) mass is 293 g/mol. The molecule has 1 aromatic carbocycles. The minimum absolute atomic E-state index is 0.100. The van der Waals surface area contributed by atoms with Crippen LogP contribution in [0.3, 0.4) is 0 Å². The number of nitro groups is 1. The second-order valence-corrected chi connectivity index (χ2v) is 5.40. The van der Waals surface area contributed by atoms with E-state index in [2.05, 4.69) is 0 Å². The Bertz CT molecular complexity index is 559. The van der Waals surface area contributed by atoms with E-state index in [-0.39, 0.29) is 17.2 Å². The van der Waals surface area contributed by atoms with Crippen LogP contribution in [0.2, 0.25) is 0 Å². The van der Waals surface area contributed by atoms with E-state index in [1.807, 2.05) is 0 Å².